The van der Waals surface area contributed by atoms with E-state index >= 15 is 0 Å². The maximum Gasteiger partial charge on any atom is 0.263 e. The quantitative estimate of drug-likeness (QED) is 0.750. The van der Waals surface area contributed by atoms with Crippen molar-refractivity contribution in [1.82, 2.24) is 20.4 Å². The van der Waals surface area contributed by atoms with Gasteiger partial charge >= 0.3 is 0 Å². The topological polar surface area (TPSA) is 84.2 Å². The van der Waals surface area contributed by atoms with Gasteiger partial charge in [0, 0.05) is 19.6 Å². The summed E-state index contributed by atoms with van der Waals surface area (Å²) in [6.45, 7) is 7.85. The Kier molecular flexibility index (Phi) is 4.98. The summed E-state index contributed by atoms with van der Waals surface area (Å²) in [6, 6.07) is 8.13. The minimum atomic E-state index is -0.0664. The Balaban J connectivity index is 1.50. The molecule has 3 heterocycles. The molecular formula is C21H25N5O2. The molecule has 1 aliphatic heterocycles. The lowest BCUT2D eigenvalue weighted by atomic mass is 9.96. The van der Waals surface area contributed by atoms with Crippen molar-refractivity contribution in [3.05, 3.63) is 46.9 Å². The van der Waals surface area contributed by atoms with E-state index in [1.807, 2.05) is 26.0 Å². The standard InChI is InChI=1S/C21H25N5O2/c1-13-7-4-5-8-16(13)11-22-20(27)17-9-6-10-26(12-17)19-18-14(2)25-28-21(18)24-15(3)23-19/h4-5,7-8,17H,6,9-12H2,1-3H3,(H,22,27). The summed E-state index contributed by atoms with van der Waals surface area (Å²) in [5.41, 5.74) is 3.62. The number of nitrogens with one attached hydrogen (secondary N) is 1. The van der Waals surface area contributed by atoms with Crippen LogP contribution in [-0.4, -0.2) is 34.1 Å². The molecule has 0 bridgehead atoms. The fraction of sp³-hybridized carbons (Fsp3) is 0.429. The average molecular weight is 379 g/mol. The van der Waals surface area contributed by atoms with Gasteiger partial charge in [-0.1, -0.05) is 29.4 Å². The van der Waals surface area contributed by atoms with E-state index in [-0.39, 0.29) is 11.8 Å². The number of carbonyl (C=O) groups excluding carboxylic acids is 1. The Morgan fingerprint density at radius 3 is 2.89 bits per heavy atom. The van der Waals surface area contributed by atoms with E-state index in [4.69, 9.17) is 4.52 Å². The van der Waals surface area contributed by atoms with Crippen molar-refractivity contribution < 1.29 is 9.32 Å². The van der Waals surface area contributed by atoms with Gasteiger partial charge in [0.25, 0.3) is 5.71 Å². The lowest BCUT2D eigenvalue weighted by molar-refractivity contribution is -0.125. The zero-order valence-electron chi connectivity index (χ0n) is 16.5. The summed E-state index contributed by atoms with van der Waals surface area (Å²) in [7, 11) is 0. The van der Waals surface area contributed by atoms with Crippen LogP contribution < -0.4 is 10.2 Å². The number of hydrogen-bond donors (Lipinski definition) is 1. The molecule has 28 heavy (non-hydrogen) atoms. The Hall–Kier alpha value is -2.96. The predicted molar refractivity (Wildman–Crippen MR) is 107 cm³/mol. The maximum absolute atomic E-state index is 12.8. The fourth-order valence-corrected chi connectivity index (χ4v) is 3.82. The third-order valence-electron chi connectivity index (χ3n) is 5.41. The highest BCUT2D eigenvalue weighted by Gasteiger charge is 2.29. The van der Waals surface area contributed by atoms with Crippen molar-refractivity contribution >= 4 is 22.8 Å². The number of aryl methyl sites for hydroxylation is 3. The number of amides is 1. The third-order valence-corrected chi connectivity index (χ3v) is 5.41. The number of carbonyl (C=O) groups is 1. The molecule has 1 aliphatic rings. The second-order valence-electron chi connectivity index (χ2n) is 7.47. The SMILES string of the molecule is Cc1nc(N2CCCC(C(=O)NCc3ccccc3C)C2)c2c(C)noc2n1. The van der Waals surface area contributed by atoms with Gasteiger partial charge in [0.05, 0.1) is 11.6 Å². The number of fused-ring (bicyclic) bond motifs is 1. The molecule has 0 saturated carbocycles. The molecule has 3 aromatic rings. The molecule has 1 saturated heterocycles. The molecule has 146 valence electrons. The highest BCUT2D eigenvalue weighted by Crippen LogP contribution is 2.30. The molecule has 2 aromatic heterocycles. The highest BCUT2D eigenvalue weighted by atomic mass is 16.5. The van der Waals surface area contributed by atoms with Gasteiger partial charge in [0.15, 0.2) is 0 Å². The second-order valence-corrected chi connectivity index (χ2v) is 7.47. The first-order chi connectivity index (χ1) is 13.5. The Morgan fingerprint density at radius 2 is 2.07 bits per heavy atom. The van der Waals surface area contributed by atoms with Crippen molar-refractivity contribution in [3.63, 3.8) is 0 Å². The first-order valence-corrected chi connectivity index (χ1v) is 9.70. The molecular weight excluding hydrogens is 354 g/mol. The summed E-state index contributed by atoms with van der Waals surface area (Å²) in [6.07, 6.45) is 1.82. The van der Waals surface area contributed by atoms with Crippen molar-refractivity contribution in [2.75, 3.05) is 18.0 Å². The van der Waals surface area contributed by atoms with Gasteiger partial charge in [0.2, 0.25) is 5.91 Å². The molecule has 0 spiro atoms. The van der Waals surface area contributed by atoms with E-state index < -0.39 is 0 Å². The fourth-order valence-electron chi connectivity index (χ4n) is 3.82. The van der Waals surface area contributed by atoms with E-state index in [1.165, 1.54) is 5.56 Å². The molecule has 7 heteroatoms. The largest absolute Gasteiger partial charge is 0.355 e. The van der Waals surface area contributed by atoms with Crippen LogP contribution in [0.25, 0.3) is 11.1 Å². The number of anilines is 1. The molecule has 0 aliphatic carbocycles. The van der Waals surface area contributed by atoms with Crippen LogP contribution in [0.4, 0.5) is 5.82 Å². The van der Waals surface area contributed by atoms with E-state index in [2.05, 4.69) is 44.4 Å². The maximum atomic E-state index is 12.8. The number of nitrogens with zero attached hydrogens (tertiary/aromatic N) is 4. The molecule has 1 amide bonds. The molecule has 7 nitrogen and oxygen atoms in total. The molecule has 1 N–H and O–H groups in total. The minimum absolute atomic E-state index is 0.0664. The molecule has 1 aromatic carbocycles. The van der Waals surface area contributed by atoms with Crippen LogP contribution in [0.15, 0.2) is 28.8 Å². The van der Waals surface area contributed by atoms with Crippen molar-refractivity contribution in [2.24, 2.45) is 5.92 Å². The van der Waals surface area contributed by atoms with Crippen LogP contribution in [0.1, 0.15) is 35.5 Å². The second kappa shape index (κ2) is 7.58. The normalized spacial score (nSPS) is 17.1. The third kappa shape index (κ3) is 3.56. The van der Waals surface area contributed by atoms with Gasteiger partial charge in [-0.15, -0.1) is 0 Å². The first-order valence-electron chi connectivity index (χ1n) is 9.70. The molecule has 1 fully saturated rings. The number of aromatic nitrogens is 3. The molecule has 0 radical (unpaired) electrons. The van der Waals surface area contributed by atoms with Gasteiger partial charge < -0.3 is 14.7 Å². The van der Waals surface area contributed by atoms with Gasteiger partial charge in [0.1, 0.15) is 17.0 Å². The van der Waals surface area contributed by atoms with E-state index in [0.29, 0.717) is 24.6 Å². The van der Waals surface area contributed by atoms with E-state index in [9.17, 15) is 4.79 Å². The molecule has 1 unspecified atom stereocenters. The van der Waals surface area contributed by atoms with Crippen molar-refractivity contribution in [1.29, 1.82) is 0 Å². The average Bonchev–Trinajstić information content (AvgIpc) is 3.07. The number of rotatable bonds is 4. The lowest BCUT2D eigenvalue weighted by Crippen LogP contribution is -2.43. The number of benzene rings is 1. The van der Waals surface area contributed by atoms with Gasteiger partial charge in [-0.25, -0.2) is 4.98 Å². The van der Waals surface area contributed by atoms with Crippen LogP contribution in [0.3, 0.4) is 0 Å². The van der Waals surface area contributed by atoms with Crippen LogP contribution in [-0.2, 0) is 11.3 Å². The summed E-state index contributed by atoms with van der Waals surface area (Å²) < 4.78 is 5.33. The van der Waals surface area contributed by atoms with Crippen molar-refractivity contribution in [3.8, 4) is 0 Å². The van der Waals surface area contributed by atoms with Gasteiger partial charge in [-0.3, -0.25) is 4.79 Å². The number of piperidine rings is 1. The summed E-state index contributed by atoms with van der Waals surface area (Å²) in [4.78, 5) is 23.9. The van der Waals surface area contributed by atoms with Crippen molar-refractivity contribution in [2.45, 2.75) is 40.2 Å². The Morgan fingerprint density at radius 1 is 1.25 bits per heavy atom. The van der Waals surface area contributed by atoms with Gasteiger partial charge in [-0.05, 0) is 44.7 Å². The van der Waals surface area contributed by atoms with Crippen LogP contribution in [0.2, 0.25) is 0 Å². The summed E-state index contributed by atoms with van der Waals surface area (Å²) >= 11 is 0. The summed E-state index contributed by atoms with van der Waals surface area (Å²) in [5.74, 6) is 1.49. The Bertz CT molecular complexity index is 1010. The summed E-state index contributed by atoms with van der Waals surface area (Å²) in [5, 5.41) is 7.98. The van der Waals surface area contributed by atoms with Crippen LogP contribution in [0.5, 0.6) is 0 Å². The smallest absolute Gasteiger partial charge is 0.263 e. The predicted octanol–water partition coefficient (Wildman–Crippen LogP) is 3.08. The van der Waals surface area contributed by atoms with Gasteiger partial charge in [-0.2, -0.15) is 4.98 Å². The lowest BCUT2D eigenvalue weighted by Gasteiger charge is -2.33. The van der Waals surface area contributed by atoms with Crippen LogP contribution in [0, 0.1) is 26.7 Å². The zero-order chi connectivity index (χ0) is 19.7. The minimum Gasteiger partial charge on any atom is -0.355 e. The Labute approximate surface area is 164 Å². The highest BCUT2D eigenvalue weighted by molar-refractivity contribution is 5.88. The molecule has 1 atom stereocenters. The molecule has 4 rings (SSSR count). The van der Waals surface area contributed by atoms with Crippen LogP contribution >= 0.6 is 0 Å². The zero-order valence-corrected chi connectivity index (χ0v) is 16.5. The first kappa shape index (κ1) is 18.4. The van der Waals surface area contributed by atoms with E-state index in [0.717, 1.165) is 41.8 Å². The monoisotopic (exact) mass is 379 g/mol. The number of hydrogen-bond acceptors (Lipinski definition) is 6. The van der Waals surface area contributed by atoms with E-state index in [1.54, 1.807) is 0 Å².